The van der Waals surface area contributed by atoms with Gasteiger partial charge in [-0.3, -0.25) is 0 Å². The van der Waals surface area contributed by atoms with Crippen LogP contribution in [0.5, 0.6) is 0 Å². The minimum atomic E-state index is 0.198. The molecule has 19 heavy (non-hydrogen) atoms. The van der Waals surface area contributed by atoms with E-state index in [1.807, 2.05) is 6.07 Å². The van der Waals surface area contributed by atoms with E-state index in [1.54, 1.807) is 6.26 Å². The van der Waals surface area contributed by atoms with Crippen LogP contribution in [0.15, 0.2) is 41.0 Å². The molecule has 1 aromatic carbocycles. The molecule has 2 nitrogen and oxygen atoms in total. The standard InChI is InChI=1S/C16H20ClNO/c1-3-12-5-7-13(8-6-12)11-15(18-4-2)14-9-10-19-16(14)17/h5-10,15,18H,3-4,11H2,1-2H3. The fraction of sp³-hybridized carbons (Fsp3) is 0.375. The minimum Gasteiger partial charge on any atom is -0.453 e. The van der Waals surface area contributed by atoms with Crippen molar-refractivity contribution in [2.45, 2.75) is 32.7 Å². The molecule has 102 valence electrons. The summed E-state index contributed by atoms with van der Waals surface area (Å²) in [5, 5.41) is 3.94. The van der Waals surface area contributed by atoms with Gasteiger partial charge in [-0.05, 0) is 48.2 Å². The third-order valence-electron chi connectivity index (χ3n) is 3.34. The van der Waals surface area contributed by atoms with Crippen LogP contribution >= 0.6 is 11.6 Å². The van der Waals surface area contributed by atoms with Gasteiger partial charge in [0.15, 0.2) is 5.22 Å². The number of halogens is 1. The topological polar surface area (TPSA) is 25.2 Å². The van der Waals surface area contributed by atoms with Crippen molar-refractivity contribution in [2.24, 2.45) is 0 Å². The normalized spacial score (nSPS) is 12.6. The highest BCUT2D eigenvalue weighted by Crippen LogP contribution is 2.26. The minimum absolute atomic E-state index is 0.198. The molecule has 0 aliphatic rings. The fourth-order valence-electron chi connectivity index (χ4n) is 2.24. The van der Waals surface area contributed by atoms with Gasteiger partial charge < -0.3 is 9.73 Å². The summed E-state index contributed by atoms with van der Waals surface area (Å²) in [6.45, 7) is 5.17. The lowest BCUT2D eigenvalue weighted by Gasteiger charge is -2.17. The van der Waals surface area contributed by atoms with E-state index >= 15 is 0 Å². The molecule has 2 aromatic rings. The monoisotopic (exact) mass is 277 g/mol. The molecule has 0 spiro atoms. The summed E-state index contributed by atoms with van der Waals surface area (Å²) in [7, 11) is 0. The SMILES string of the molecule is CCNC(Cc1ccc(CC)cc1)c1ccoc1Cl. The maximum atomic E-state index is 6.08. The van der Waals surface area contributed by atoms with Gasteiger partial charge in [-0.2, -0.15) is 0 Å². The first-order valence-corrected chi connectivity index (χ1v) is 7.16. The predicted molar refractivity (Wildman–Crippen MR) is 79.7 cm³/mol. The summed E-state index contributed by atoms with van der Waals surface area (Å²) in [5.41, 5.74) is 3.70. The number of rotatable bonds is 6. The molecule has 0 bridgehead atoms. The quantitative estimate of drug-likeness (QED) is 0.847. The van der Waals surface area contributed by atoms with Crippen molar-refractivity contribution >= 4 is 11.6 Å². The van der Waals surface area contributed by atoms with Gasteiger partial charge in [0.2, 0.25) is 0 Å². The van der Waals surface area contributed by atoms with Crippen LogP contribution in [0.1, 0.15) is 36.6 Å². The smallest absolute Gasteiger partial charge is 0.197 e. The van der Waals surface area contributed by atoms with Crippen LogP contribution in [0.2, 0.25) is 5.22 Å². The maximum Gasteiger partial charge on any atom is 0.197 e. The van der Waals surface area contributed by atoms with Gasteiger partial charge in [0, 0.05) is 11.6 Å². The summed E-state index contributed by atoms with van der Waals surface area (Å²) < 4.78 is 5.19. The lowest BCUT2D eigenvalue weighted by Crippen LogP contribution is -2.22. The summed E-state index contributed by atoms with van der Waals surface area (Å²) in [5.74, 6) is 0. The number of likely N-dealkylation sites (N-methyl/N-ethyl adjacent to an activating group) is 1. The van der Waals surface area contributed by atoms with Crippen LogP contribution < -0.4 is 5.32 Å². The first-order chi connectivity index (χ1) is 9.24. The number of hydrogen-bond donors (Lipinski definition) is 1. The van der Waals surface area contributed by atoms with Crippen LogP contribution in [0.4, 0.5) is 0 Å². The first-order valence-electron chi connectivity index (χ1n) is 6.78. The van der Waals surface area contributed by atoms with Gasteiger partial charge in [0.25, 0.3) is 0 Å². The van der Waals surface area contributed by atoms with E-state index in [0.717, 1.165) is 24.9 Å². The highest BCUT2D eigenvalue weighted by Gasteiger charge is 2.16. The van der Waals surface area contributed by atoms with Crippen LogP contribution in [-0.2, 0) is 12.8 Å². The molecule has 0 radical (unpaired) electrons. The van der Waals surface area contributed by atoms with Crippen molar-refractivity contribution in [1.82, 2.24) is 5.32 Å². The van der Waals surface area contributed by atoms with Crippen molar-refractivity contribution in [3.63, 3.8) is 0 Å². The molecule has 1 heterocycles. The second-order valence-corrected chi connectivity index (χ2v) is 4.98. The molecule has 0 fully saturated rings. The zero-order valence-electron chi connectivity index (χ0n) is 11.4. The Balaban J connectivity index is 2.14. The van der Waals surface area contributed by atoms with Gasteiger partial charge in [0.05, 0.1) is 6.26 Å². The Bertz CT molecular complexity index is 504. The highest BCUT2D eigenvalue weighted by atomic mass is 35.5. The van der Waals surface area contributed by atoms with Crippen molar-refractivity contribution in [3.05, 3.63) is 58.5 Å². The molecule has 0 aliphatic carbocycles. The van der Waals surface area contributed by atoms with Gasteiger partial charge in [-0.25, -0.2) is 0 Å². The molecule has 3 heteroatoms. The Morgan fingerprint density at radius 1 is 1.11 bits per heavy atom. The molecule has 1 unspecified atom stereocenters. The Kier molecular flexibility index (Phi) is 5.06. The van der Waals surface area contributed by atoms with Crippen LogP contribution in [0.25, 0.3) is 0 Å². The van der Waals surface area contributed by atoms with Crippen LogP contribution in [0.3, 0.4) is 0 Å². The second kappa shape index (κ2) is 6.78. The summed E-state index contributed by atoms with van der Waals surface area (Å²) in [6, 6.07) is 10.9. The first kappa shape index (κ1) is 14.2. The third kappa shape index (κ3) is 3.62. The number of aryl methyl sites for hydroxylation is 1. The molecular weight excluding hydrogens is 258 g/mol. The summed E-state index contributed by atoms with van der Waals surface area (Å²) >= 11 is 6.08. The number of furan rings is 1. The molecule has 0 aliphatic heterocycles. The second-order valence-electron chi connectivity index (χ2n) is 4.63. The van der Waals surface area contributed by atoms with E-state index in [-0.39, 0.29) is 6.04 Å². The Morgan fingerprint density at radius 3 is 2.32 bits per heavy atom. The summed E-state index contributed by atoms with van der Waals surface area (Å²) in [6.07, 6.45) is 3.63. The van der Waals surface area contributed by atoms with Gasteiger partial charge >= 0.3 is 0 Å². The van der Waals surface area contributed by atoms with Crippen LogP contribution in [-0.4, -0.2) is 6.54 Å². The van der Waals surface area contributed by atoms with Gasteiger partial charge in [-0.15, -0.1) is 0 Å². The molecule has 1 N–H and O–H groups in total. The van der Waals surface area contributed by atoms with Gasteiger partial charge in [-0.1, -0.05) is 38.1 Å². The molecular formula is C16H20ClNO. The Morgan fingerprint density at radius 2 is 1.79 bits per heavy atom. The fourth-order valence-corrected chi connectivity index (χ4v) is 2.49. The zero-order valence-corrected chi connectivity index (χ0v) is 12.2. The van der Waals surface area contributed by atoms with Crippen LogP contribution in [0, 0.1) is 0 Å². The average molecular weight is 278 g/mol. The van der Waals surface area contributed by atoms with E-state index in [1.165, 1.54) is 11.1 Å². The van der Waals surface area contributed by atoms with Crippen molar-refractivity contribution < 1.29 is 4.42 Å². The van der Waals surface area contributed by atoms with Crippen molar-refractivity contribution in [2.75, 3.05) is 6.54 Å². The predicted octanol–water partition coefficient (Wildman–Crippen LogP) is 4.39. The highest BCUT2D eigenvalue weighted by molar-refractivity contribution is 6.29. The molecule has 1 atom stereocenters. The third-order valence-corrected chi connectivity index (χ3v) is 3.65. The summed E-state index contributed by atoms with van der Waals surface area (Å²) in [4.78, 5) is 0. The lowest BCUT2D eigenvalue weighted by atomic mass is 9.99. The Hall–Kier alpha value is -1.25. The zero-order chi connectivity index (χ0) is 13.7. The largest absolute Gasteiger partial charge is 0.453 e. The van der Waals surface area contributed by atoms with E-state index in [2.05, 4.69) is 43.4 Å². The van der Waals surface area contributed by atoms with Gasteiger partial charge in [0.1, 0.15) is 0 Å². The molecule has 0 amide bonds. The lowest BCUT2D eigenvalue weighted by molar-refractivity contribution is 0.526. The van der Waals surface area contributed by atoms with E-state index in [9.17, 15) is 0 Å². The molecule has 0 saturated heterocycles. The number of benzene rings is 1. The van der Waals surface area contributed by atoms with E-state index < -0.39 is 0 Å². The Labute approximate surface area is 119 Å². The van der Waals surface area contributed by atoms with E-state index in [4.69, 9.17) is 16.0 Å². The molecule has 1 aromatic heterocycles. The maximum absolute atomic E-state index is 6.08. The molecule has 0 saturated carbocycles. The number of nitrogens with one attached hydrogen (secondary N) is 1. The van der Waals surface area contributed by atoms with Crippen molar-refractivity contribution in [1.29, 1.82) is 0 Å². The molecule has 2 rings (SSSR count). The average Bonchev–Trinajstić information content (AvgIpc) is 2.85. The van der Waals surface area contributed by atoms with Crippen molar-refractivity contribution in [3.8, 4) is 0 Å². The number of hydrogen-bond acceptors (Lipinski definition) is 2. The van der Waals surface area contributed by atoms with E-state index in [0.29, 0.717) is 5.22 Å².